The van der Waals surface area contributed by atoms with E-state index in [9.17, 15) is 4.79 Å². The van der Waals surface area contributed by atoms with Crippen molar-refractivity contribution >= 4 is 34.0 Å². The summed E-state index contributed by atoms with van der Waals surface area (Å²) in [6, 6.07) is 0. The zero-order valence-electron chi connectivity index (χ0n) is 8.70. The van der Waals surface area contributed by atoms with Gasteiger partial charge in [0.05, 0.1) is 7.11 Å². The second kappa shape index (κ2) is 5.92. The lowest BCUT2D eigenvalue weighted by molar-refractivity contribution is -0.140. The molecule has 0 unspecified atom stereocenters. The maximum absolute atomic E-state index is 10.9. The molecule has 0 aliphatic rings. The summed E-state index contributed by atoms with van der Waals surface area (Å²) in [6.07, 6.45) is 1.18. The normalized spacial score (nSPS) is 10.1. The minimum Gasteiger partial charge on any atom is -0.469 e. The van der Waals surface area contributed by atoms with E-state index >= 15 is 0 Å². The summed E-state index contributed by atoms with van der Waals surface area (Å²) >= 11 is 7.20. The van der Waals surface area contributed by atoms with Crippen molar-refractivity contribution in [3.63, 3.8) is 0 Å². The smallest absolute Gasteiger partial charge is 0.305 e. The molecule has 0 fully saturated rings. The number of anilines is 1. The summed E-state index contributed by atoms with van der Waals surface area (Å²) in [5, 5.41) is 3.16. The molecule has 84 valence electrons. The fourth-order valence-corrected chi connectivity index (χ4v) is 2.02. The predicted molar refractivity (Wildman–Crippen MR) is 61.6 cm³/mol. The van der Waals surface area contributed by atoms with Gasteiger partial charge in [0.2, 0.25) is 0 Å². The monoisotopic (exact) mass is 248 g/mol. The number of aromatic nitrogens is 1. The Balaban J connectivity index is 2.30. The molecule has 0 aliphatic heterocycles. The highest BCUT2D eigenvalue weighted by atomic mass is 35.5. The summed E-state index contributed by atoms with van der Waals surface area (Å²) in [7, 11) is 3.32. The summed E-state index contributed by atoms with van der Waals surface area (Å²) in [4.78, 5) is 17.0. The van der Waals surface area contributed by atoms with E-state index in [2.05, 4.69) is 9.72 Å². The lowest BCUT2D eigenvalue weighted by atomic mass is 10.3. The Bertz CT molecular complexity index is 330. The van der Waals surface area contributed by atoms with Gasteiger partial charge in [-0.15, -0.1) is 11.3 Å². The average molecular weight is 249 g/mol. The minimum absolute atomic E-state index is 0.180. The number of halogens is 1. The maximum atomic E-state index is 10.9. The molecule has 0 amide bonds. The van der Waals surface area contributed by atoms with E-state index in [0.717, 1.165) is 18.1 Å². The van der Waals surface area contributed by atoms with Crippen LogP contribution in [0.2, 0.25) is 5.15 Å². The molecule has 0 radical (unpaired) electrons. The molecule has 0 aromatic carbocycles. The number of ether oxygens (including phenoxy) is 1. The number of thiazole rings is 1. The fourth-order valence-electron chi connectivity index (χ4n) is 1.08. The Morgan fingerprint density at radius 2 is 2.47 bits per heavy atom. The number of esters is 1. The molecule has 1 rings (SSSR count). The first-order valence-corrected chi connectivity index (χ1v) is 5.78. The summed E-state index contributed by atoms with van der Waals surface area (Å²) in [5.41, 5.74) is 0. The molecule has 0 saturated heterocycles. The van der Waals surface area contributed by atoms with Crippen LogP contribution < -0.4 is 4.90 Å². The van der Waals surface area contributed by atoms with Crippen molar-refractivity contribution in [3.8, 4) is 0 Å². The van der Waals surface area contributed by atoms with Gasteiger partial charge < -0.3 is 9.64 Å². The first kappa shape index (κ1) is 12.3. The van der Waals surface area contributed by atoms with E-state index in [1.807, 2.05) is 11.9 Å². The number of carbonyl (C=O) groups excluding carboxylic acids is 1. The van der Waals surface area contributed by atoms with Gasteiger partial charge in [0, 0.05) is 25.4 Å². The number of rotatable bonds is 5. The second-order valence-corrected chi connectivity index (χ2v) is 4.28. The van der Waals surface area contributed by atoms with Gasteiger partial charge in [0.1, 0.15) is 5.15 Å². The molecule has 4 nitrogen and oxygen atoms in total. The number of nitrogens with zero attached hydrogens (tertiary/aromatic N) is 2. The molecular weight excluding hydrogens is 236 g/mol. The Morgan fingerprint density at radius 1 is 1.73 bits per heavy atom. The number of carbonyl (C=O) groups is 1. The molecule has 1 aromatic rings. The number of methoxy groups -OCH3 is 1. The number of hydrogen-bond donors (Lipinski definition) is 0. The lowest BCUT2D eigenvalue weighted by Crippen LogP contribution is -2.19. The first-order chi connectivity index (χ1) is 7.13. The number of hydrogen-bond acceptors (Lipinski definition) is 5. The van der Waals surface area contributed by atoms with E-state index in [1.165, 1.54) is 18.4 Å². The highest BCUT2D eigenvalue weighted by Crippen LogP contribution is 2.22. The molecule has 0 N–H and O–H groups in total. The van der Waals surface area contributed by atoms with E-state index in [0.29, 0.717) is 11.6 Å². The Hall–Kier alpha value is -0.810. The second-order valence-electron chi connectivity index (χ2n) is 3.05. The molecule has 0 saturated carbocycles. The van der Waals surface area contributed by atoms with Crippen LogP contribution in [0, 0.1) is 0 Å². The van der Waals surface area contributed by atoms with Gasteiger partial charge in [0.15, 0.2) is 5.13 Å². The van der Waals surface area contributed by atoms with Crippen LogP contribution in [0.15, 0.2) is 5.38 Å². The SMILES string of the molecule is COC(=O)CCCN(C)c1nc(Cl)cs1. The highest BCUT2D eigenvalue weighted by molar-refractivity contribution is 7.14. The van der Waals surface area contributed by atoms with Crippen LogP contribution in [0.3, 0.4) is 0 Å². The maximum Gasteiger partial charge on any atom is 0.305 e. The standard InChI is InChI=1S/C9H13ClN2O2S/c1-12(5-3-4-8(13)14-2)9-11-7(10)6-15-9/h6H,3-5H2,1-2H3. The van der Waals surface area contributed by atoms with E-state index in [4.69, 9.17) is 11.6 Å². The van der Waals surface area contributed by atoms with Gasteiger partial charge in [-0.25, -0.2) is 4.98 Å². The van der Waals surface area contributed by atoms with Gasteiger partial charge in [-0.1, -0.05) is 11.6 Å². The highest BCUT2D eigenvalue weighted by Gasteiger charge is 2.07. The lowest BCUT2D eigenvalue weighted by Gasteiger charge is -2.14. The van der Waals surface area contributed by atoms with Gasteiger partial charge in [0.25, 0.3) is 0 Å². The van der Waals surface area contributed by atoms with Crippen molar-refractivity contribution in [3.05, 3.63) is 10.5 Å². The van der Waals surface area contributed by atoms with Crippen molar-refractivity contribution in [2.24, 2.45) is 0 Å². The molecule has 0 bridgehead atoms. The molecule has 0 spiro atoms. The van der Waals surface area contributed by atoms with Crippen molar-refractivity contribution < 1.29 is 9.53 Å². The van der Waals surface area contributed by atoms with Crippen molar-refractivity contribution in [2.45, 2.75) is 12.8 Å². The Morgan fingerprint density at radius 3 is 3.00 bits per heavy atom. The Kier molecular flexibility index (Phi) is 4.84. The topological polar surface area (TPSA) is 42.4 Å². The molecule has 0 aliphatic carbocycles. The molecule has 1 heterocycles. The van der Waals surface area contributed by atoms with Crippen molar-refractivity contribution in [1.82, 2.24) is 4.98 Å². The van der Waals surface area contributed by atoms with Crippen LogP contribution in [0.1, 0.15) is 12.8 Å². The van der Waals surface area contributed by atoms with E-state index < -0.39 is 0 Å². The molecule has 1 aromatic heterocycles. The quantitative estimate of drug-likeness (QED) is 0.750. The zero-order chi connectivity index (χ0) is 11.3. The Labute approximate surface area is 97.8 Å². The van der Waals surface area contributed by atoms with Crippen LogP contribution in [0.5, 0.6) is 0 Å². The summed E-state index contributed by atoms with van der Waals surface area (Å²) in [5.74, 6) is -0.180. The molecule has 15 heavy (non-hydrogen) atoms. The summed E-state index contributed by atoms with van der Waals surface area (Å²) in [6.45, 7) is 0.763. The van der Waals surface area contributed by atoms with E-state index in [-0.39, 0.29) is 5.97 Å². The van der Waals surface area contributed by atoms with Gasteiger partial charge in [-0.2, -0.15) is 0 Å². The largest absolute Gasteiger partial charge is 0.469 e. The first-order valence-electron chi connectivity index (χ1n) is 4.52. The van der Waals surface area contributed by atoms with Gasteiger partial charge in [-0.3, -0.25) is 4.79 Å². The van der Waals surface area contributed by atoms with Crippen LogP contribution >= 0.6 is 22.9 Å². The zero-order valence-corrected chi connectivity index (χ0v) is 10.3. The summed E-state index contributed by atoms with van der Waals surface area (Å²) < 4.78 is 4.55. The van der Waals surface area contributed by atoms with Crippen LogP contribution in [0.4, 0.5) is 5.13 Å². The molecule has 0 atom stereocenters. The molecule has 6 heteroatoms. The van der Waals surface area contributed by atoms with Gasteiger partial charge in [-0.05, 0) is 6.42 Å². The fraction of sp³-hybridized carbons (Fsp3) is 0.556. The predicted octanol–water partition coefficient (Wildman–Crippen LogP) is 2.19. The van der Waals surface area contributed by atoms with Gasteiger partial charge >= 0.3 is 5.97 Å². The average Bonchev–Trinajstić information content (AvgIpc) is 2.64. The van der Waals surface area contributed by atoms with Crippen LogP contribution in [-0.2, 0) is 9.53 Å². The third kappa shape index (κ3) is 4.05. The van der Waals surface area contributed by atoms with Crippen molar-refractivity contribution in [2.75, 3.05) is 25.6 Å². The molecular formula is C9H13ClN2O2S. The van der Waals surface area contributed by atoms with Crippen LogP contribution in [-0.4, -0.2) is 31.7 Å². The van der Waals surface area contributed by atoms with Crippen LogP contribution in [0.25, 0.3) is 0 Å². The minimum atomic E-state index is -0.180. The third-order valence-electron chi connectivity index (χ3n) is 1.89. The van der Waals surface area contributed by atoms with E-state index in [1.54, 1.807) is 5.38 Å². The third-order valence-corrected chi connectivity index (χ3v) is 3.17. The van der Waals surface area contributed by atoms with Crippen molar-refractivity contribution in [1.29, 1.82) is 0 Å².